The molecular weight excluding hydrogens is 248 g/mol. The van der Waals surface area contributed by atoms with Crippen LogP contribution in [0, 0.1) is 5.41 Å². The topological polar surface area (TPSA) is 38.0 Å². The van der Waals surface area contributed by atoms with Crippen LogP contribution in [-0.4, -0.2) is 21.0 Å². The number of hydrogen-bond donors (Lipinski definition) is 1. The summed E-state index contributed by atoms with van der Waals surface area (Å²) in [5.41, 5.74) is 1.20. The normalized spacial score (nSPS) is 19.6. The Labute approximate surface area is 123 Å². The molecule has 0 radical (unpaired) electrons. The van der Waals surface area contributed by atoms with Gasteiger partial charge in [-0.2, -0.15) is 5.10 Å². The maximum Gasteiger partial charge on any atom is 0.0652 e. The first kappa shape index (κ1) is 15.6. The summed E-state index contributed by atoms with van der Waals surface area (Å²) in [5.74, 6) is 0. The van der Waals surface area contributed by atoms with Crippen LogP contribution in [0.3, 0.4) is 0 Å². The van der Waals surface area contributed by atoms with Gasteiger partial charge in [-0.15, -0.1) is 0 Å². The van der Waals surface area contributed by atoms with Crippen LogP contribution in [0.25, 0.3) is 0 Å². The lowest BCUT2D eigenvalue weighted by molar-refractivity contribution is 0.0249. The van der Waals surface area contributed by atoms with Gasteiger partial charge < -0.3 is 5.11 Å². The minimum atomic E-state index is -0.236. The van der Waals surface area contributed by atoms with Gasteiger partial charge in [-0.25, -0.2) is 0 Å². The summed E-state index contributed by atoms with van der Waals surface area (Å²) in [4.78, 5) is 0. The van der Waals surface area contributed by atoms with Crippen LogP contribution >= 0.6 is 0 Å². The fraction of sp³-hybridized carbons (Fsp3) is 0.824. The van der Waals surface area contributed by atoms with E-state index in [2.05, 4.69) is 42.8 Å². The number of rotatable bonds is 7. The number of hydrogen-bond acceptors (Lipinski definition) is 2. The predicted molar refractivity (Wildman–Crippen MR) is 82.7 cm³/mol. The Morgan fingerprint density at radius 2 is 1.90 bits per heavy atom. The summed E-state index contributed by atoms with van der Waals surface area (Å²) in [6.07, 6.45) is 10.8. The maximum atomic E-state index is 10.7. The van der Waals surface area contributed by atoms with Gasteiger partial charge in [0.2, 0.25) is 0 Å². The van der Waals surface area contributed by atoms with Gasteiger partial charge in [-0.3, -0.25) is 4.68 Å². The van der Waals surface area contributed by atoms with Crippen LogP contribution in [0.15, 0.2) is 12.3 Å². The molecule has 0 spiro atoms. The largest absolute Gasteiger partial charge is 0.392 e. The van der Waals surface area contributed by atoms with Gasteiger partial charge in [0, 0.05) is 12.6 Å². The molecule has 1 aliphatic rings. The zero-order chi connectivity index (χ0) is 14.6. The number of aliphatic hydroxyl groups is 1. The van der Waals surface area contributed by atoms with Gasteiger partial charge in [-0.05, 0) is 43.6 Å². The Morgan fingerprint density at radius 1 is 1.25 bits per heavy atom. The molecule has 20 heavy (non-hydrogen) atoms. The summed E-state index contributed by atoms with van der Waals surface area (Å²) in [6, 6.07) is 2.58. The maximum absolute atomic E-state index is 10.7. The third-order valence-electron chi connectivity index (χ3n) is 5.39. The molecule has 3 heteroatoms. The molecular formula is C17H30N2O. The molecule has 1 N–H and O–H groups in total. The van der Waals surface area contributed by atoms with Gasteiger partial charge in [0.1, 0.15) is 0 Å². The Bertz CT molecular complexity index is 403. The predicted octanol–water partition coefficient (Wildman–Crippen LogP) is 4.12. The summed E-state index contributed by atoms with van der Waals surface area (Å²) in [5, 5.41) is 15.4. The standard InChI is InChI=1S/C17H30N2O/c1-4-15(5-2)19-12-9-14(18-19)13-16(20)17(6-3)10-7-8-11-17/h9,12,15-16,20H,4-8,10-11,13H2,1-3H3. The molecule has 0 aromatic carbocycles. The fourth-order valence-corrected chi connectivity index (χ4v) is 3.77. The van der Waals surface area contributed by atoms with Crippen molar-refractivity contribution >= 4 is 0 Å². The molecule has 2 rings (SSSR count). The molecule has 1 aromatic rings. The molecule has 1 aliphatic carbocycles. The van der Waals surface area contributed by atoms with Crippen molar-refractivity contribution < 1.29 is 5.11 Å². The van der Waals surface area contributed by atoms with Gasteiger partial charge in [0.05, 0.1) is 17.8 Å². The molecule has 0 aliphatic heterocycles. The second kappa shape index (κ2) is 6.75. The van der Waals surface area contributed by atoms with Crippen molar-refractivity contribution in [2.45, 2.75) is 84.3 Å². The minimum absolute atomic E-state index is 0.151. The molecule has 1 saturated carbocycles. The third-order valence-corrected chi connectivity index (χ3v) is 5.39. The molecule has 1 fully saturated rings. The van der Waals surface area contributed by atoms with E-state index in [1.54, 1.807) is 0 Å². The molecule has 0 saturated heterocycles. The minimum Gasteiger partial charge on any atom is -0.392 e. The summed E-state index contributed by atoms with van der Waals surface area (Å²) >= 11 is 0. The summed E-state index contributed by atoms with van der Waals surface area (Å²) in [6.45, 7) is 6.63. The van der Waals surface area contributed by atoms with Crippen LogP contribution in [-0.2, 0) is 6.42 Å². The fourth-order valence-electron chi connectivity index (χ4n) is 3.77. The van der Waals surface area contributed by atoms with Gasteiger partial charge in [0.15, 0.2) is 0 Å². The van der Waals surface area contributed by atoms with Crippen LogP contribution < -0.4 is 0 Å². The Morgan fingerprint density at radius 3 is 2.45 bits per heavy atom. The highest BCUT2D eigenvalue weighted by Gasteiger charge is 2.39. The zero-order valence-corrected chi connectivity index (χ0v) is 13.3. The van der Waals surface area contributed by atoms with Crippen molar-refractivity contribution in [3.05, 3.63) is 18.0 Å². The highest BCUT2D eigenvalue weighted by Crippen LogP contribution is 2.44. The Kier molecular flexibility index (Phi) is 5.25. The Hall–Kier alpha value is -0.830. The van der Waals surface area contributed by atoms with Gasteiger partial charge in [0.25, 0.3) is 0 Å². The van der Waals surface area contributed by atoms with Crippen LogP contribution in [0.1, 0.15) is 77.5 Å². The summed E-state index contributed by atoms with van der Waals surface area (Å²) in [7, 11) is 0. The van der Waals surface area contributed by atoms with E-state index in [4.69, 9.17) is 0 Å². The van der Waals surface area contributed by atoms with Crippen molar-refractivity contribution in [3.63, 3.8) is 0 Å². The second-order valence-electron chi connectivity index (χ2n) is 6.40. The van der Waals surface area contributed by atoms with Crippen LogP contribution in [0.4, 0.5) is 0 Å². The van der Waals surface area contributed by atoms with Gasteiger partial charge >= 0.3 is 0 Å². The average Bonchev–Trinajstić information content (AvgIpc) is 3.10. The molecule has 3 nitrogen and oxygen atoms in total. The molecule has 1 atom stereocenters. The first-order valence-corrected chi connectivity index (χ1v) is 8.37. The first-order chi connectivity index (χ1) is 9.65. The van der Waals surface area contributed by atoms with E-state index in [0.29, 0.717) is 12.5 Å². The quantitative estimate of drug-likeness (QED) is 0.814. The van der Waals surface area contributed by atoms with Crippen molar-refractivity contribution in [1.82, 2.24) is 9.78 Å². The zero-order valence-electron chi connectivity index (χ0n) is 13.3. The molecule has 1 unspecified atom stereocenters. The van der Waals surface area contributed by atoms with Crippen molar-refractivity contribution in [2.75, 3.05) is 0 Å². The molecule has 114 valence electrons. The van der Waals surface area contributed by atoms with Crippen LogP contribution in [0.5, 0.6) is 0 Å². The van der Waals surface area contributed by atoms with Crippen molar-refractivity contribution in [1.29, 1.82) is 0 Å². The smallest absolute Gasteiger partial charge is 0.0652 e. The van der Waals surface area contributed by atoms with E-state index in [1.165, 1.54) is 25.7 Å². The lowest BCUT2D eigenvalue weighted by atomic mass is 9.76. The van der Waals surface area contributed by atoms with E-state index in [-0.39, 0.29) is 11.5 Å². The van der Waals surface area contributed by atoms with E-state index >= 15 is 0 Å². The SMILES string of the molecule is CCC(CC)n1ccc(CC(O)C2(CC)CCCC2)n1. The van der Waals surface area contributed by atoms with E-state index in [0.717, 1.165) is 25.0 Å². The van der Waals surface area contributed by atoms with E-state index in [1.807, 2.05) is 0 Å². The number of nitrogens with zero attached hydrogens (tertiary/aromatic N) is 2. The second-order valence-corrected chi connectivity index (χ2v) is 6.40. The molecule has 1 heterocycles. The highest BCUT2D eigenvalue weighted by molar-refractivity contribution is 5.04. The molecule has 0 bridgehead atoms. The average molecular weight is 278 g/mol. The lowest BCUT2D eigenvalue weighted by Crippen LogP contribution is -2.33. The lowest BCUT2D eigenvalue weighted by Gasteiger charge is -2.33. The van der Waals surface area contributed by atoms with Crippen molar-refractivity contribution in [3.8, 4) is 0 Å². The van der Waals surface area contributed by atoms with Crippen molar-refractivity contribution in [2.24, 2.45) is 5.41 Å². The number of aromatic nitrogens is 2. The van der Waals surface area contributed by atoms with E-state index < -0.39 is 0 Å². The molecule has 0 amide bonds. The Balaban J connectivity index is 2.02. The van der Waals surface area contributed by atoms with Gasteiger partial charge in [-0.1, -0.05) is 33.6 Å². The first-order valence-electron chi connectivity index (χ1n) is 8.37. The highest BCUT2D eigenvalue weighted by atomic mass is 16.3. The number of aliphatic hydroxyl groups excluding tert-OH is 1. The third kappa shape index (κ3) is 3.08. The monoisotopic (exact) mass is 278 g/mol. The molecule has 1 aromatic heterocycles. The van der Waals surface area contributed by atoms with E-state index in [9.17, 15) is 5.11 Å². The van der Waals surface area contributed by atoms with Crippen LogP contribution in [0.2, 0.25) is 0 Å². The summed E-state index contributed by atoms with van der Waals surface area (Å²) < 4.78 is 2.08.